The molecule has 0 aliphatic carbocycles. The van der Waals surface area contributed by atoms with Gasteiger partial charge in [-0.3, -0.25) is 0 Å². The molecule has 6 heteroatoms. The van der Waals surface area contributed by atoms with Crippen LogP contribution in [-0.4, -0.2) is 33.6 Å². The lowest BCUT2D eigenvalue weighted by Crippen LogP contribution is -2.07. The molecule has 0 unspecified atom stereocenters. The Bertz CT molecular complexity index is 639. The van der Waals surface area contributed by atoms with Crippen LogP contribution >= 0.6 is 8.38 Å². The summed E-state index contributed by atoms with van der Waals surface area (Å²) in [6, 6.07) is 11.6. The van der Waals surface area contributed by atoms with E-state index in [4.69, 9.17) is 18.5 Å². The Morgan fingerprint density at radius 1 is 1.05 bits per heavy atom. The van der Waals surface area contributed by atoms with E-state index >= 15 is 0 Å². The number of hydrogen-bond donors (Lipinski definition) is 0. The molecule has 5 nitrogen and oxygen atoms in total. The fraction of sp³-hybridized carbons (Fsp3) is 0.312. The number of fused-ring (bicyclic) bond motifs is 1. The van der Waals surface area contributed by atoms with Crippen LogP contribution in [0.5, 0.6) is 0 Å². The van der Waals surface area contributed by atoms with Gasteiger partial charge in [-0.05, 0) is 28.5 Å². The molecule has 0 heterocycles. The lowest BCUT2D eigenvalue weighted by molar-refractivity contribution is 0.0595. The van der Waals surface area contributed by atoms with E-state index in [1.165, 1.54) is 7.11 Å². The lowest BCUT2D eigenvalue weighted by Gasteiger charge is -2.14. The van der Waals surface area contributed by atoms with Crippen LogP contribution in [-0.2, 0) is 25.1 Å². The molecular weight excluding hydrogens is 303 g/mol. The SMILES string of the molecule is COC(=O)c1cc2ccccc2cc1COCP(OC)OC. The monoisotopic (exact) mass is 322 g/mol. The van der Waals surface area contributed by atoms with Crippen LogP contribution in [0.2, 0.25) is 0 Å². The standard InChI is InChI=1S/C16H19O5P/c1-18-16(17)15-9-13-7-5-4-6-12(13)8-14(15)10-21-11-22(19-2)20-3/h4-9H,10-11H2,1-3H3. The Kier molecular flexibility index (Phi) is 6.28. The summed E-state index contributed by atoms with van der Waals surface area (Å²) in [5.74, 6) is -0.370. The van der Waals surface area contributed by atoms with E-state index in [9.17, 15) is 4.79 Å². The van der Waals surface area contributed by atoms with Gasteiger partial charge in [-0.2, -0.15) is 0 Å². The summed E-state index contributed by atoms with van der Waals surface area (Å²) in [4.78, 5) is 12.0. The van der Waals surface area contributed by atoms with E-state index in [-0.39, 0.29) is 5.97 Å². The summed E-state index contributed by atoms with van der Waals surface area (Å²) in [6.07, 6.45) is 0.343. The number of carbonyl (C=O) groups excluding carboxylic acids is 1. The van der Waals surface area contributed by atoms with Crippen molar-refractivity contribution in [3.05, 3.63) is 47.5 Å². The fourth-order valence-electron chi connectivity index (χ4n) is 2.12. The second kappa shape index (κ2) is 8.20. The molecular formula is C16H19O5P. The van der Waals surface area contributed by atoms with Gasteiger partial charge in [-0.1, -0.05) is 24.3 Å². The maximum absolute atomic E-state index is 12.0. The van der Waals surface area contributed by atoms with Gasteiger partial charge in [-0.15, -0.1) is 0 Å². The second-order valence-corrected chi connectivity index (χ2v) is 6.18. The zero-order valence-corrected chi connectivity index (χ0v) is 13.8. The minimum absolute atomic E-state index is 0.292. The normalized spacial score (nSPS) is 11.1. The molecule has 0 fully saturated rings. The smallest absolute Gasteiger partial charge is 0.338 e. The summed E-state index contributed by atoms with van der Waals surface area (Å²) in [5, 5.41) is 2.04. The first kappa shape index (κ1) is 16.8. The average Bonchev–Trinajstić information content (AvgIpc) is 2.57. The zero-order valence-electron chi connectivity index (χ0n) is 12.9. The Balaban J connectivity index is 2.24. The molecule has 0 aromatic heterocycles. The summed E-state index contributed by atoms with van der Waals surface area (Å²) in [5.41, 5.74) is 1.30. The largest absolute Gasteiger partial charge is 0.465 e. The third-order valence-electron chi connectivity index (χ3n) is 3.24. The van der Waals surface area contributed by atoms with Crippen LogP contribution in [0.25, 0.3) is 10.8 Å². The van der Waals surface area contributed by atoms with Crippen molar-refractivity contribution in [3.63, 3.8) is 0 Å². The molecule has 2 aromatic rings. The Labute approximate surface area is 131 Å². The Morgan fingerprint density at radius 3 is 2.27 bits per heavy atom. The van der Waals surface area contributed by atoms with E-state index in [1.54, 1.807) is 14.2 Å². The van der Waals surface area contributed by atoms with E-state index in [1.807, 2.05) is 36.4 Å². The number of rotatable bonds is 7. The van der Waals surface area contributed by atoms with Gasteiger partial charge >= 0.3 is 5.97 Å². The quantitative estimate of drug-likeness (QED) is 0.574. The first-order valence-corrected chi connectivity index (χ1v) is 8.09. The van der Waals surface area contributed by atoms with Gasteiger partial charge in [0.05, 0.1) is 19.3 Å². The highest BCUT2D eigenvalue weighted by molar-refractivity contribution is 7.46. The highest BCUT2D eigenvalue weighted by atomic mass is 31.2. The fourth-order valence-corrected chi connectivity index (χ4v) is 2.72. The van der Waals surface area contributed by atoms with Crippen molar-refractivity contribution < 1.29 is 23.3 Å². The molecule has 0 saturated carbocycles. The predicted octanol–water partition coefficient (Wildman–Crippen LogP) is 3.71. The van der Waals surface area contributed by atoms with Crippen LogP contribution in [0.4, 0.5) is 0 Å². The summed E-state index contributed by atoms with van der Waals surface area (Å²) in [7, 11) is 3.47. The Hall–Kier alpha value is -1.52. The van der Waals surface area contributed by atoms with Crippen LogP contribution in [0.15, 0.2) is 36.4 Å². The van der Waals surface area contributed by atoms with Crippen molar-refractivity contribution in [1.82, 2.24) is 0 Å². The van der Waals surface area contributed by atoms with E-state index in [2.05, 4.69) is 0 Å². The van der Waals surface area contributed by atoms with Gasteiger partial charge in [-0.25, -0.2) is 4.79 Å². The van der Waals surface area contributed by atoms with Crippen molar-refractivity contribution >= 4 is 25.1 Å². The topological polar surface area (TPSA) is 54.0 Å². The van der Waals surface area contributed by atoms with Crippen LogP contribution < -0.4 is 0 Å². The molecule has 0 aliphatic rings. The minimum Gasteiger partial charge on any atom is -0.465 e. The van der Waals surface area contributed by atoms with Crippen molar-refractivity contribution in [3.8, 4) is 0 Å². The molecule has 0 aliphatic heterocycles. The maximum Gasteiger partial charge on any atom is 0.338 e. The van der Waals surface area contributed by atoms with Gasteiger partial charge < -0.3 is 18.5 Å². The van der Waals surface area contributed by atoms with Gasteiger partial charge in [0.2, 0.25) is 0 Å². The summed E-state index contributed by atoms with van der Waals surface area (Å²) in [6.45, 7) is 0.292. The number of ether oxygens (including phenoxy) is 2. The molecule has 0 amide bonds. The first-order chi connectivity index (χ1) is 10.7. The molecule has 2 rings (SSSR count). The molecule has 0 spiro atoms. The predicted molar refractivity (Wildman–Crippen MR) is 85.9 cm³/mol. The number of esters is 1. The lowest BCUT2D eigenvalue weighted by atomic mass is 10.0. The zero-order chi connectivity index (χ0) is 15.9. The minimum atomic E-state index is -1.05. The van der Waals surface area contributed by atoms with Gasteiger partial charge in [0.1, 0.15) is 6.35 Å². The highest BCUT2D eigenvalue weighted by Gasteiger charge is 2.14. The van der Waals surface area contributed by atoms with E-state index < -0.39 is 8.38 Å². The van der Waals surface area contributed by atoms with Gasteiger partial charge in [0, 0.05) is 14.2 Å². The third kappa shape index (κ3) is 4.02. The molecule has 0 N–H and O–H groups in total. The summed E-state index contributed by atoms with van der Waals surface area (Å²) >= 11 is 0. The number of methoxy groups -OCH3 is 1. The third-order valence-corrected chi connectivity index (χ3v) is 4.45. The molecule has 0 saturated heterocycles. The van der Waals surface area contributed by atoms with Crippen molar-refractivity contribution in [2.45, 2.75) is 6.61 Å². The molecule has 0 atom stereocenters. The van der Waals surface area contributed by atoms with E-state index in [0.29, 0.717) is 18.5 Å². The first-order valence-electron chi connectivity index (χ1n) is 6.73. The number of carbonyl (C=O) groups is 1. The number of benzene rings is 2. The highest BCUT2D eigenvalue weighted by Crippen LogP contribution is 2.36. The van der Waals surface area contributed by atoms with Gasteiger partial charge in [0.25, 0.3) is 0 Å². The molecule has 22 heavy (non-hydrogen) atoms. The molecule has 2 aromatic carbocycles. The molecule has 118 valence electrons. The van der Waals surface area contributed by atoms with E-state index in [0.717, 1.165) is 16.3 Å². The van der Waals surface area contributed by atoms with Crippen LogP contribution in [0.3, 0.4) is 0 Å². The van der Waals surface area contributed by atoms with Gasteiger partial charge in [0.15, 0.2) is 8.38 Å². The second-order valence-electron chi connectivity index (χ2n) is 4.52. The maximum atomic E-state index is 12.0. The van der Waals surface area contributed by atoms with Crippen LogP contribution in [0.1, 0.15) is 15.9 Å². The Morgan fingerprint density at radius 2 is 1.68 bits per heavy atom. The van der Waals surface area contributed by atoms with Crippen molar-refractivity contribution in [2.24, 2.45) is 0 Å². The number of hydrogen-bond acceptors (Lipinski definition) is 5. The average molecular weight is 322 g/mol. The molecule has 0 radical (unpaired) electrons. The van der Waals surface area contributed by atoms with Crippen LogP contribution in [0, 0.1) is 0 Å². The summed E-state index contributed by atoms with van der Waals surface area (Å²) < 4.78 is 20.7. The van der Waals surface area contributed by atoms with Crippen molar-refractivity contribution in [2.75, 3.05) is 27.7 Å². The van der Waals surface area contributed by atoms with Crippen molar-refractivity contribution in [1.29, 1.82) is 0 Å². The molecule has 0 bridgehead atoms.